The van der Waals surface area contributed by atoms with Crippen LogP contribution in [0.4, 0.5) is 0 Å². The van der Waals surface area contributed by atoms with Crippen molar-refractivity contribution in [2.45, 2.75) is 59.4 Å². The highest BCUT2D eigenvalue weighted by molar-refractivity contribution is 5.24. The molecule has 0 unspecified atom stereocenters. The summed E-state index contributed by atoms with van der Waals surface area (Å²) in [6.45, 7) is 13.3. The molecule has 1 rings (SSSR count). The molecular weight excluding hydrogens is 172 g/mol. The van der Waals surface area contributed by atoms with E-state index in [9.17, 15) is 0 Å². The molecule has 0 aromatic carbocycles. The van der Waals surface area contributed by atoms with Gasteiger partial charge in [-0.15, -0.1) is 0 Å². The third-order valence-corrected chi connectivity index (χ3v) is 2.52. The van der Waals surface area contributed by atoms with E-state index in [0.717, 1.165) is 0 Å². The van der Waals surface area contributed by atoms with Crippen LogP contribution in [0.2, 0.25) is 0 Å². The Labute approximate surface area is 87.3 Å². The van der Waals surface area contributed by atoms with Crippen LogP contribution in [0.25, 0.3) is 0 Å². The van der Waals surface area contributed by atoms with Crippen LogP contribution in [-0.2, 0) is 0 Å². The summed E-state index contributed by atoms with van der Waals surface area (Å²) in [6, 6.07) is 0.458. The first kappa shape index (κ1) is 11.3. The van der Waals surface area contributed by atoms with Crippen molar-refractivity contribution in [2.24, 2.45) is 0 Å². The fraction of sp³-hybridized carbons (Fsp3) is 0.750. The quantitative estimate of drug-likeness (QED) is 0.717. The van der Waals surface area contributed by atoms with Crippen molar-refractivity contribution in [3.63, 3.8) is 0 Å². The van der Waals surface area contributed by atoms with E-state index >= 15 is 0 Å². The van der Waals surface area contributed by atoms with E-state index in [0.29, 0.717) is 17.9 Å². The average Bonchev–Trinajstić information content (AvgIpc) is 2.46. The summed E-state index contributed by atoms with van der Waals surface area (Å²) >= 11 is 0. The Morgan fingerprint density at radius 2 is 1.57 bits per heavy atom. The number of hydrogen-bond acceptors (Lipinski definition) is 1. The highest BCUT2D eigenvalue weighted by Crippen LogP contribution is 2.27. The summed E-state index contributed by atoms with van der Waals surface area (Å²) < 4.78 is 2.15. The van der Waals surface area contributed by atoms with Gasteiger partial charge in [0.25, 0.3) is 0 Å². The lowest BCUT2D eigenvalue weighted by atomic mass is 9.97. The maximum Gasteiger partial charge on any atom is 0.0527 e. The van der Waals surface area contributed by atoms with Gasteiger partial charge >= 0.3 is 0 Å². The van der Waals surface area contributed by atoms with Crippen LogP contribution in [0.5, 0.6) is 0 Å². The molecule has 0 bridgehead atoms. The van der Waals surface area contributed by atoms with Crippen molar-refractivity contribution in [3.05, 3.63) is 17.5 Å². The summed E-state index contributed by atoms with van der Waals surface area (Å²) in [5.41, 5.74) is 2.80. The number of hydrogen-bond donors (Lipinski definition) is 0. The molecule has 1 heterocycles. The standard InChI is InChI=1S/C12H22N2/c1-8(2)11-7-13-14(10(5)6)12(11)9(3)4/h7-10H,1-6H3. The zero-order valence-corrected chi connectivity index (χ0v) is 10.2. The van der Waals surface area contributed by atoms with Crippen LogP contribution in [0.3, 0.4) is 0 Å². The SMILES string of the molecule is CC(C)c1cnn(C(C)C)c1C(C)C. The number of aromatic nitrogens is 2. The van der Waals surface area contributed by atoms with Crippen LogP contribution in [0.1, 0.15) is 70.7 Å². The van der Waals surface area contributed by atoms with Crippen LogP contribution >= 0.6 is 0 Å². The molecule has 80 valence electrons. The van der Waals surface area contributed by atoms with Gasteiger partial charge in [0.05, 0.1) is 6.20 Å². The molecule has 2 heteroatoms. The average molecular weight is 194 g/mol. The van der Waals surface area contributed by atoms with Gasteiger partial charge in [-0.3, -0.25) is 4.68 Å². The first-order valence-electron chi connectivity index (χ1n) is 5.52. The van der Waals surface area contributed by atoms with Gasteiger partial charge in [-0.25, -0.2) is 0 Å². The van der Waals surface area contributed by atoms with Crippen LogP contribution < -0.4 is 0 Å². The molecule has 0 radical (unpaired) electrons. The van der Waals surface area contributed by atoms with Gasteiger partial charge in [0.15, 0.2) is 0 Å². The van der Waals surface area contributed by atoms with Crippen molar-refractivity contribution < 1.29 is 0 Å². The number of nitrogens with zero attached hydrogens (tertiary/aromatic N) is 2. The minimum atomic E-state index is 0.458. The molecule has 0 saturated heterocycles. The molecule has 0 aliphatic heterocycles. The van der Waals surface area contributed by atoms with E-state index in [1.54, 1.807) is 0 Å². The predicted octanol–water partition coefficient (Wildman–Crippen LogP) is 3.71. The first-order chi connectivity index (χ1) is 6.45. The molecule has 0 N–H and O–H groups in total. The Morgan fingerprint density at radius 3 is 1.93 bits per heavy atom. The molecule has 1 aromatic rings. The molecular formula is C12H22N2. The number of rotatable bonds is 3. The molecule has 0 spiro atoms. The fourth-order valence-electron chi connectivity index (χ4n) is 1.84. The Hall–Kier alpha value is -0.790. The van der Waals surface area contributed by atoms with Crippen LogP contribution in [-0.4, -0.2) is 9.78 Å². The molecule has 14 heavy (non-hydrogen) atoms. The van der Waals surface area contributed by atoms with Crippen LogP contribution in [0.15, 0.2) is 6.20 Å². The van der Waals surface area contributed by atoms with E-state index in [1.165, 1.54) is 11.3 Å². The molecule has 1 aromatic heterocycles. The second kappa shape index (κ2) is 4.16. The summed E-state index contributed by atoms with van der Waals surface area (Å²) in [4.78, 5) is 0. The first-order valence-corrected chi connectivity index (χ1v) is 5.52. The second-order valence-electron chi connectivity index (χ2n) is 4.83. The zero-order valence-electron chi connectivity index (χ0n) is 10.2. The lowest BCUT2D eigenvalue weighted by molar-refractivity contribution is 0.495. The second-order valence-corrected chi connectivity index (χ2v) is 4.83. The summed E-state index contributed by atoms with van der Waals surface area (Å²) in [6.07, 6.45) is 2.03. The lowest BCUT2D eigenvalue weighted by Gasteiger charge is -2.16. The topological polar surface area (TPSA) is 17.8 Å². The Kier molecular flexibility index (Phi) is 3.35. The normalized spacial score (nSPS) is 12.1. The van der Waals surface area contributed by atoms with Crippen molar-refractivity contribution >= 4 is 0 Å². The highest BCUT2D eigenvalue weighted by atomic mass is 15.3. The fourth-order valence-corrected chi connectivity index (χ4v) is 1.84. The predicted molar refractivity (Wildman–Crippen MR) is 60.8 cm³/mol. The molecule has 0 aliphatic rings. The van der Waals surface area contributed by atoms with E-state index in [2.05, 4.69) is 51.3 Å². The minimum absolute atomic E-state index is 0.458. The lowest BCUT2D eigenvalue weighted by Crippen LogP contribution is -2.10. The van der Waals surface area contributed by atoms with Gasteiger partial charge in [-0.2, -0.15) is 5.10 Å². The summed E-state index contributed by atoms with van der Waals surface area (Å²) in [5, 5.41) is 4.47. The van der Waals surface area contributed by atoms with Gasteiger partial charge < -0.3 is 0 Å². The monoisotopic (exact) mass is 194 g/mol. The van der Waals surface area contributed by atoms with Gasteiger partial charge in [0, 0.05) is 11.7 Å². The molecule has 0 amide bonds. The maximum absolute atomic E-state index is 4.47. The van der Waals surface area contributed by atoms with Crippen molar-refractivity contribution in [3.8, 4) is 0 Å². The van der Waals surface area contributed by atoms with Gasteiger partial charge in [0.1, 0.15) is 0 Å². The van der Waals surface area contributed by atoms with Crippen molar-refractivity contribution in [2.75, 3.05) is 0 Å². The van der Waals surface area contributed by atoms with Gasteiger partial charge in [0.2, 0.25) is 0 Å². The Bertz CT molecular complexity index is 270. The van der Waals surface area contributed by atoms with Gasteiger partial charge in [-0.1, -0.05) is 27.7 Å². The third-order valence-electron chi connectivity index (χ3n) is 2.52. The Morgan fingerprint density at radius 1 is 1.00 bits per heavy atom. The molecule has 0 aliphatic carbocycles. The zero-order chi connectivity index (χ0) is 10.9. The Balaban J connectivity index is 3.20. The van der Waals surface area contributed by atoms with Crippen molar-refractivity contribution in [1.82, 2.24) is 9.78 Å². The summed E-state index contributed by atoms with van der Waals surface area (Å²) in [7, 11) is 0. The van der Waals surface area contributed by atoms with Gasteiger partial charge in [-0.05, 0) is 31.2 Å². The highest BCUT2D eigenvalue weighted by Gasteiger charge is 2.17. The maximum atomic E-state index is 4.47. The van der Waals surface area contributed by atoms with Crippen LogP contribution in [0, 0.1) is 0 Å². The molecule has 2 nitrogen and oxygen atoms in total. The summed E-state index contributed by atoms with van der Waals surface area (Å²) in [5.74, 6) is 1.12. The van der Waals surface area contributed by atoms with E-state index in [1.807, 2.05) is 6.20 Å². The minimum Gasteiger partial charge on any atom is -0.267 e. The van der Waals surface area contributed by atoms with E-state index < -0.39 is 0 Å². The van der Waals surface area contributed by atoms with E-state index in [4.69, 9.17) is 0 Å². The smallest absolute Gasteiger partial charge is 0.0527 e. The molecule has 0 saturated carbocycles. The largest absolute Gasteiger partial charge is 0.267 e. The van der Waals surface area contributed by atoms with E-state index in [-0.39, 0.29) is 0 Å². The molecule has 0 atom stereocenters. The molecule has 0 fully saturated rings. The van der Waals surface area contributed by atoms with Crippen molar-refractivity contribution in [1.29, 1.82) is 0 Å². The third kappa shape index (κ3) is 1.99.